The first-order valence-corrected chi connectivity index (χ1v) is 5.26. The van der Waals surface area contributed by atoms with Crippen LogP contribution in [0, 0.1) is 0 Å². The van der Waals surface area contributed by atoms with E-state index in [9.17, 15) is 5.11 Å². The molecule has 3 N–H and O–H groups in total. The number of aliphatic hydroxyl groups excluding tert-OH is 1. The molecule has 0 saturated carbocycles. The second kappa shape index (κ2) is 4.15. The highest BCUT2D eigenvalue weighted by molar-refractivity contribution is 5.28. The van der Waals surface area contributed by atoms with Crippen molar-refractivity contribution in [1.82, 2.24) is 19.6 Å². The highest BCUT2D eigenvalue weighted by atomic mass is 16.3. The number of aromatic nitrogens is 4. The fourth-order valence-corrected chi connectivity index (χ4v) is 1.45. The van der Waals surface area contributed by atoms with Gasteiger partial charge in [0.05, 0.1) is 6.10 Å². The number of fused-ring (bicyclic) bond motifs is 1. The Morgan fingerprint density at radius 1 is 1.56 bits per heavy atom. The highest BCUT2D eigenvalue weighted by Gasteiger charge is 2.14. The summed E-state index contributed by atoms with van der Waals surface area (Å²) in [6.45, 7) is 3.72. The van der Waals surface area contributed by atoms with Crippen molar-refractivity contribution in [2.75, 3.05) is 0 Å². The Balaban J connectivity index is 2.43. The Kier molecular flexibility index (Phi) is 2.84. The summed E-state index contributed by atoms with van der Waals surface area (Å²) in [7, 11) is 0. The van der Waals surface area contributed by atoms with Crippen molar-refractivity contribution in [3.05, 3.63) is 23.8 Å². The van der Waals surface area contributed by atoms with Gasteiger partial charge in [0.25, 0.3) is 5.78 Å². The molecule has 6 nitrogen and oxygen atoms in total. The lowest BCUT2D eigenvalue weighted by Gasteiger charge is -2.13. The molecule has 2 aromatic rings. The van der Waals surface area contributed by atoms with E-state index in [4.69, 9.17) is 5.73 Å². The average molecular weight is 221 g/mol. The Hall–Kier alpha value is -1.53. The van der Waals surface area contributed by atoms with Crippen LogP contribution in [-0.4, -0.2) is 30.7 Å². The minimum Gasteiger partial charge on any atom is -0.387 e. The van der Waals surface area contributed by atoms with Gasteiger partial charge in [-0.3, -0.25) is 0 Å². The van der Waals surface area contributed by atoms with Crippen LogP contribution in [0.1, 0.15) is 31.3 Å². The summed E-state index contributed by atoms with van der Waals surface area (Å²) in [6.07, 6.45) is 3.32. The van der Waals surface area contributed by atoms with Gasteiger partial charge in [0.1, 0.15) is 0 Å². The summed E-state index contributed by atoms with van der Waals surface area (Å²) in [5.74, 6) is 1.28. The lowest BCUT2D eigenvalue weighted by molar-refractivity contribution is 0.152. The van der Waals surface area contributed by atoms with E-state index < -0.39 is 6.10 Å². The summed E-state index contributed by atoms with van der Waals surface area (Å²) in [5.41, 5.74) is 6.27. The van der Waals surface area contributed by atoms with Gasteiger partial charge in [-0.15, -0.1) is 5.10 Å². The number of hydrogen-bond donors (Lipinski definition) is 2. The average Bonchev–Trinajstić information content (AvgIpc) is 2.69. The smallest absolute Gasteiger partial charge is 0.252 e. The van der Waals surface area contributed by atoms with Gasteiger partial charge in [0.2, 0.25) is 0 Å². The van der Waals surface area contributed by atoms with Gasteiger partial charge in [-0.2, -0.15) is 4.98 Å². The van der Waals surface area contributed by atoms with Crippen LogP contribution in [-0.2, 0) is 6.42 Å². The Morgan fingerprint density at radius 2 is 2.31 bits per heavy atom. The topological polar surface area (TPSA) is 89.3 Å². The molecule has 2 rings (SSSR count). The maximum Gasteiger partial charge on any atom is 0.252 e. The fourth-order valence-electron chi connectivity index (χ4n) is 1.45. The first-order chi connectivity index (χ1) is 7.61. The first kappa shape index (κ1) is 11.0. The van der Waals surface area contributed by atoms with Gasteiger partial charge in [0, 0.05) is 30.4 Å². The third kappa shape index (κ3) is 1.89. The third-order valence-electron chi connectivity index (χ3n) is 2.41. The molecule has 0 aromatic carbocycles. The van der Waals surface area contributed by atoms with Crippen molar-refractivity contribution in [2.24, 2.45) is 5.73 Å². The number of aliphatic hydroxyl groups is 1. The summed E-state index contributed by atoms with van der Waals surface area (Å²) >= 11 is 0. The van der Waals surface area contributed by atoms with Crippen LogP contribution in [0.5, 0.6) is 0 Å². The van der Waals surface area contributed by atoms with Gasteiger partial charge < -0.3 is 10.8 Å². The minimum absolute atomic E-state index is 0.339. The highest BCUT2D eigenvalue weighted by Crippen LogP contribution is 2.14. The maximum atomic E-state index is 9.79. The monoisotopic (exact) mass is 221 g/mol. The lowest BCUT2D eigenvalue weighted by Crippen LogP contribution is -2.24. The van der Waals surface area contributed by atoms with E-state index in [0.29, 0.717) is 11.3 Å². The normalized spacial score (nSPS) is 15.2. The van der Waals surface area contributed by atoms with E-state index in [2.05, 4.69) is 15.1 Å². The predicted molar refractivity (Wildman–Crippen MR) is 58.8 cm³/mol. The standard InChI is InChI=1S/C10H15N5O/c1-3-8-13-10-12-4-7(5-15(10)14-8)9(16)6(2)11/h4-6,9,16H,3,11H2,1-2H3. The van der Waals surface area contributed by atoms with Crippen LogP contribution in [0.15, 0.2) is 12.4 Å². The Morgan fingerprint density at radius 3 is 2.94 bits per heavy atom. The summed E-state index contributed by atoms with van der Waals surface area (Å²) in [4.78, 5) is 8.33. The molecule has 16 heavy (non-hydrogen) atoms. The lowest BCUT2D eigenvalue weighted by atomic mass is 10.1. The van der Waals surface area contributed by atoms with E-state index in [-0.39, 0.29) is 6.04 Å². The summed E-state index contributed by atoms with van der Waals surface area (Å²) in [6, 6.07) is -0.339. The van der Waals surface area contributed by atoms with Crippen LogP contribution in [0.2, 0.25) is 0 Å². The molecular formula is C10H15N5O. The summed E-state index contributed by atoms with van der Waals surface area (Å²) < 4.78 is 1.57. The third-order valence-corrected chi connectivity index (χ3v) is 2.41. The van der Waals surface area contributed by atoms with Crippen LogP contribution in [0.4, 0.5) is 0 Å². The van der Waals surface area contributed by atoms with Crippen LogP contribution < -0.4 is 5.73 Å². The van der Waals surface area contributed by atoms with E-state index in [1.54, 1.807) is 23.8 Å². The molecule has 0 fully saturated rings. The van der Waals surface area contributed by atoms with Gasteiger partial charge in [-0.05, 0) is 6.92 Å². The van der Waals surface area contributed by atoms with Gasteiger partial charge in [-0.25, -0.2) is 9.50 Å². The minimum atomic E-state index is -0.730. The van der Waals surface area contributed by atoms with E-state index >= 15 is 0 Å². The molecule has 6 heteroatoms. The molecular weight excluding hydrogens is 206 g/mol. The van der Waals surface area contributed by atoms with Gasteiger partial charge in [0.15, 0.2) is 5.82 Å². The molecule has 0 radical (unpaired) electrons. The van der Waals surface area contributed by atoms with E-state index in [1.807, 2.05) is 6.92 Å². The molecule has 0 aliphatic heterocycles. The second-order valence-electron chi connectivity index (χ2n) is 3.82. The van der Waals surface area contributed by atoms with Crippen molar-refractivity contribution < 1.29 is 5.11 Å². The number of nitrogens with zero attached hydrogens (tertiary/aromatic N) is 4. The number of hydrogen-bond acceptors (Lipinski definition) is 5. The molecule has 2 atom stereocenters. The molecule has 2 unspecified atom stereocenters. The molecule has 0 aliphatic rings. The number of aryl methyl sites for hydroxylation is 1. The fraction of sp³-hybridized carbons (Fsp3) is 0.500. The van der Waals surface area contributed by atoms with Crippen molar-refractivity contribution in [2.45, 2.75) is 32.4 Å². The maximum absolute atomic E-state index is 9.79. The molecule has 2 heterocycles. The number of rotatable bonds is 3. The van der Waals surface area contributed by atoms with Crippen molar-refractivity contribution >= 4 is 5.78 Å². The molecule has 0 spiro atoms. The zero-order valence-electron chi connectivity index (χ0n) is 9.33. The van der Waals surface area contributed by atoms with Crippen molar-refractivity contribution in [1.29, 1.82) is 0 Å². The van der Waals surface area contributed by atoms with Crippen LogP contribution >= 0.6 is 0 Å². The molecule has 0 saturated heterocycles. The first-order valence-electron chi connectivity index (χ1n) is 5.26. The second-order valence-corrected chi connectivity index (χ2v) is 3.82. The SMILES string of the molecule is CCc1nc2ncc(C(O)C(C)N)cn2n1. The number of nitrogens with two attached hydrogens (primary N) is 1. The molecule has 86 valence electrons. The molecule has 2 aromatic heterocycles. The molecule has 0 aliphatic carbocycles. The van der Waals surface area contributed by atoms with Gasteiger partial charge in [-0.1, -0.05) is 6.92 Å². The Bertz CT molecular complexity index is 493. The zero-order valence-corrected chi connectivity index (χ0v) is 9.33. The van der Waals surface area contributed by atoms with Crippen LogP contribution in [0.25, 0.3) is 5.78 Å². The van der Waals surface area contributed by atoms with E-state index in [1.165, 1.54) is 0 Å². The zero-order chi connectivity index (χ0) is 11.7. The quantitative estimate of drug-likeness (QED) is 0.765. The summed E-state index contributed by atoms with van der Waals surface area (Å²) in [5, 5.41) is 14.0. The van der Waals surface area contributed by atoms with Crippen LogP contribution in [0.3, 0.4) is 0 Å². The van der Waals surface area contributed by atoms with E-state index in [0.717, 1.165) is 12.2 Å². The predicted octanol–water partition coefficient (Wildman–Crippen LogP) is 0.0673. The van der Waals surface area contributed by atoms with Crippen molar-refractivity contribution in [3.63, 3.8) is 0 Å². The molecule has 0 amide bonds. The Labute approximate surface area is 93.1 Å². The van der Waals surface area contributed by atoms with Gasteiger partial charge >= 0.3 is 0 Å². The largest absolute Gasteiger partial charge is 0.387 e. The molecule has 0 bridgehead atoms. The van der Waals surface area contributed by atoms with Crippen molar-refractivity contribution in [3.8, 4) is 0 Å².